The maximum Gasteiger partial charge on any atom is 0.289 e. The second kappa shape index (κ2) is 6.51. The molecule has 0 amide bonds. The third-order valence-corrected chi connectivity index (χ3v) is 4.33. The minimum Gasteiger partial charge on any atom is -0.469 e. The zero-order valence-electron chi connectivity index (χ0n) is 11.1. The Morgan fingerprint density at radius 1 is 1.19 bits per heavy atom. The molecule has 0 fully saturated rings. The van der Waals surface area contributed by atoms with E-state index in [4.69, 9.17) is 4.42 Å². The molecule has 0 unspecified atom stereocenters. The number of hydrogen-bond donors (Lipinski definition) is 1. The van der Waals surface area contributed by atoms with Crippen LogP contribution in [-0.2, 0) is 16.4 Å². The van der Waals surface area contributed by atoms with E-state index in [9.17, 15) is 18.5 Å². The van der Waals surface area contributed by atoms with Crippen LogP contribution in [0.15, 0.2) is 52.0 Å². The first kappa shape index (κ1) is 15.2. The van der Waals surface area contributed by atoms with Gasteiger partial charge in [0.25, 0.3) is 5.69 Å². The predicted octanol–water partition coefficient (Wildman–Crippen LogP) is 2.10. The summed E-state index contributed by atoms with van der Waals surface area (Å²) < 4.78 is 31.7. The molecule has 21 heavy (non-hydrogen) atoms. The number of nitro benzene ring substituents is 1. The minimum absolute atomic E-state index is 0.176. The van der Waals surface area contributed by atoms with Crippen LogP contribution in [0.5, 0.6) is 0 Å². The number of furan rings is 1. The van der Waals surface area contributed by atoms with Gasteiger partial charge in [-0.2, -0.15) is 0 Å². The summed E-state index contributed by atoms with van der Waals surface area (Å²) in [6.45, 7) is 0.176. The van der Waals surface area contributed by atoms with Gasteiger partial charge in [0.1, 0.15) is 5.76 Å². The van der Waals surface area contributed by atoms with Gasteiger partial charge in [0, 0.05) is 19.0 Å². The molecule has 7 nitrogen and oxygen atoms in total. The summed E-state index contributed by atoms with van der Waals surface area (Å²) in [6.07, 6.45) is 2.67. The molecule has 0 aliphatic heterocycles. The zero-order valence-corrected chi connectivity index (χ0v) is 11.9. The van der Waals surface area contributed by atoms with E-state index >= 15 is 0 Å². The highest BCUT2D eigenvalue weighted by atomic mass is 32.2. The summed E-state index contributed by atoms with van der Waals surface area (Å²) in [5, 5.41) is 10.9. The summed E-state index contributed by atoms with van der Waals surface area (Å²) in [5.74, 6) is 0.764. The van der Waals surface area contributed by atoms with Crippen LogP contribution in [0.25, 0.3) is 0 Å². The Labute approximate surface area is 121 Å². The Kier molecular flexibility index (Phi) is 4.71. The van der Waals surface area contributed by atoms with Crippen molar-refractivity contribution in [2.45, 2.75) is 17.7 Å². The van der Waals surface area contributed by atoms with Crippen molar-refractivity contribution in [2.75, 3.05) is 6.54 Å². The number of para-hydroxylation sites is 1. The Bertz CT molecular complexity index is 710. The first-order chi connectivity index (χ1) is 10.0. The third kappa shape index (κ3) is 3.89. The second-order valence-corrected chi connectivity index (χ2v) is 6.04. The lowest BCUT2D eigenvalue weighted by Crippen LogP contribution is -2.25. The molecule has 112 valence electrons. The molecule has 0 bridgehead atoms. The fraction of sp³-hybridized carbons (Fsp3) is 0.231. The molecule has 0 saturated heterocycles. The van der Waals surface area contributed by atoms with E-state index in [-0.39, 0.29) is 11.4 Å². The van der Waals surface area contributed by atoms with Crippen molar-refractivity contribution < 1.29 is 17.8 Å². The van der Waals surface area contributed by atoms with Crippen LogP contribution in [0.4, 0.5) is 5.69 Å². The largest absolute Gasteiger partial charge is 0.469 e. The number of nitro groups is 1. The van der Waals surface area contributed by atoms with Crippen molar-refractivity contribution in [1.29, 1.82) is 0 Å². The van der Waals surface area contributed by atoms with Crippen molar-refractivity contribution >= 4 is 15.7 Å². The Morgan fingerprint density at radius 2 is 1.95 bits per heavy atom. The normalized spacial score (nSPS) is 11.4. The molecule has 1 aromatic carbocycles. The highest BCUT2D eigenvalue weighted by molar-refractivity contribution is 7.89. The van der Waals surface area contributed by atoms with E-state index in [0.29, 0.717) is 12.8 Å². The lowest BCUT2D eigenvalue weighted by molar-refractivity contribution is -0.387. The van der Waals surface area contributed by atoms with Crippen molar-refractivity contribution in [3.8, 4) is 0 Å². The molecule has 0 atom stereocenters. The maximum absolute atomic E-state index is 12.1. The summed E-state index contributed by atoms with van der Waals surface area (Å²) in [5.41, 5.74) is -0.434. The van der Waals surface area contributed by atoms with Crippen molar-refractivity contribution in [3.05, 3.63) is 58.5 Å². The zero-order chi connectivity index (χ0) is 15.3. The predicted molar refractivity (Wildman–Crippen MR) is 75.3 cm³/mol. The maximum atomic E-state index is 12.1. The molecule has 0 radical (unpaired) electrons. The number of aryl methyl sites for hydroxylation is 1. The van der Waals surface area contributed by atoms with E-state index in [2.05, 4.69) is 4.72 Å². The molecule has 0 aliphatic carbocycles. The molecule has 0 aliphatic rings. The fourth-order valence-electron chi connectivity index (χ4n) is 1.84. The van der Waals surface area contributed by atoms with Crippen LogP contribution in [-0.4, -0.2) is 19.9 Å². The first-order valence-electron chi connectivity index (χ1n) is 6.26. The van der Waals surface area contributed by atoms with Crippen LogP contribution < -0.4 is 4.72 Å². The monoisotopic (exact) mass is 310 g/mol. The third-order valence-electron chi connectivity index (χ3n) is 2.82. The number of nitrogens with zero attached hydrogens (tertiary/aromatic N) is 1. The lowest BCUT2D eigenvalue weighted by atomic mass is 10.2. The van der Waals surface area contributed by atoms with Gasteiger partial charge in [0.05, 0.1) is 11.2 Å². The number of benzene rings is 1. The van der Waals surface area contributed by atoms with Crippen molar-refractivity contribution in [3.63, 3.8) is 0 Å². The molecule has 0 spiro atoms. The van der Waals surface area contributed by atoms with Gasteiger partial charge in [0.15, 0.2) is 4.90 Å². The number of nitrogens with one attached hydrogen (secondary N) is 1. The van der Waals surface area contributed by atoms with Crippen LogP contribution >= 0.6 is 0 Å². The summed E-state index contributed by atoms with van der Waals surface area (Å²) in [4.78, 5) is 9.82. The van der Waals surface area contributed by atoms with Crippen LogP contribution in [0, 0.1) is 10.1 Å². The number of sulfonamides is 1. The van der Waals surface area contributed by atoms with E-state index in [1.54, 1.807) is 18.4 Å². The second-order valence-electron chi connectivity index (χ2n) is 4.31. The lowest BCUT2D eigenvalue weighted by Gasteiger charge is -2.06. The highest BCUT2D eigenvalue weighted by Crippen LogP contribution is 2.22. The molecule has 2 aromatic rings. The van der Waals surface area contributed by atoms with Crippen molar-refractivity contribution in [2.24, 2.45) is 0 Å². The van der Waals surface area contributed by atoms with Gasteiger partial charge in [-0.25, -0.2) is 13.1 Å². The van der Waals surface area contributed by atoms with E-state index in [1.165, 1.54) is 18.2 Å². The quantitative estimate of drug-likeness (QED) is 0.479. The minimum atomic E-state index is -3.90. The van der Waals surface area contributed by atoms with Gasteiger partial charge in [-0.1, -0.05) is 12.1 Å². The molecular formula is C13H14N2O5S. The summed E-state index contributed by atoms with van der Waals surface area (Å²) >= 11 is 0. The molecular weight excluding hydrogens is 296 g/mol. The van der Waals surface area contributed by atoms with Gasteiger partial charge in [-0.15, -0.1) is 0 Å². The standard InChI is InChI=1S/C13H14N2O5S/c16-15(17)12-7-1-2-8-13(12)21(18,19)14-9-3-5-11-6-4-10-20-11/h1-2,4,6-8,10,14H,3,5,9H2. The van der Waals surface area contributed by atoms with E-state index < -0.39 is 20.6 Å². The molecule has 1 heterocycles. The van der Waals surface area contributed by atoms with Crippen LogP contribution in [0.1, 0.15) is 12.2 Å². The topological polar surface area (TPSA) is 102 Å². The van der Waals surface area contributed by atoms with Gasteiger partial charge < -0.3 is 4.42 Å². The Balaban J connectivity index is 2.00. The van der Waals surface area contributed by atoms with Gasteiger partial charge in [-0.05, 0) is 24.6 Å². The fourth-order valence-corrected chi connectivity index (χ4v) is 3.08. The van der Waals surface area contributed by atoms with E-state index in [0.717, 1.165) is 11.8 Å². The van der Waals surface area contributed by atoms with Crippen molar-refractivity contribution in [1.82, 2.24) is 4.72 Å². The van der Waals surface area contributed by atoms with Gasteiger partial charge in [0.2, 0.25) is 10.0 Å². The Hall–Kier alpha value is -2.19. The summed E-state index contributed by atoms with van der Waals surface area (Å²) in [6, 6.07) is 8.81. The molecule has 8 heteroatoms. The van der Waals surface area contributed by atoms with Gasteiger partial charge in [-0.3, -0.25) is 10.1 Å². The average molecular weight is 310 g/mol. The SMILES string of the molecule is O=[N+]([O-])c1ccccc1S(=O)(=O)NCCCc1ccco1. The molecule has 2 rings (SSSR count). The van der Waals surface area contributed by atoms with Gasteiger partial charge >= 0.3 is 0 Å². The molecule has 1 aromatic heterocycles. The smallest absolute Gasteiger partial charge is 0.289 e. The van der Waals surface area contributed by atoms with Crippen LogP contribution in [0.3, 0.4) is 0 Å². The number of rotatable bonds is 7. The highest BCUT2D eigenvalue weighted by Gasteiger charge is 2.24. The van der Waals surface area contributed by atoms with E-state index in [1.807, 2.05) is 0 Å². The summed E-state index contributed by atoms with van der Waals surface area (Å²) in [7, 11) is -3.90. The van der Waals surface area contributed by atoms with Crippen LogP contribution in [0.2, 0.25) is 0 Å². The molecule has 1 N–H and O–H groups in total. The average Bonchev–Trinajstić information content (AvgIpc) is 2.97. The Morgan fingerprint density at radius 3 is 2.62 bits per heavy atom. The molecule has 0 saturated carbocycles. The first-order valence-corrected chi connectivity index (χ1v) is 7.74. The number of hydrogen-bond acceptors (Lipinski definition) is 5.